The van der Waals surface area contributed by atoms with Gasteiger partial charge < -0.3 is 20.3 Å². The standard InChI is InChI=1S/C11H14N2O3/c12-11-9-4-15-3-8(9)7-1-6(2-14)16-5-10(7)13-11/h6,14H,1-5H2,(H2,12,13)/t6-/m1/s1. The van der Waals surface area contributed by atoms with Crippen molar-refractivity contribution >= 4 is 5.82 Å². The summed E-state index contributed by atoms with van der Waals surface area (Å²) < 4.78 is 10.9. The molecule has 2 aliphatic rings. The Kier molecular flexibility index (Phi) is 2.31. The molecule has 2 aliphatic heterocycles. The second-order valence-corrected chi connectivity index (χ2v) is 4.19. The van der Waals surface area contributed by atoms with Crippen LogP contribution < -0.4 is 5.73 Å². The maximum Gasteiger partial charge on any atom is 0.129 e. The monoisotopic (exact) mass is 222 g/mol. The molecule has 3 N–H and O–H groups in total. The normalized spacial score (nSPS) is 22.9. The van der Waals surface area contributed by atoms with Crippen LogP contribution in [0.3, 0.4) is 0 Å². The van der Waals surface area contributed by atoms with E-state index in [1.54, 1.807) is 0 Å². The molecule has 0 amide bonds. The minimum Gasteiger partial charge on any atom is -0.394 e. The molecule has 86 valence electrons. The van der Waals surface area contributed by atoms with Crippen LogP contribution in [0.2, 0.25) is 0 Å². The van der Waals surface area contributed by atoms with Gasteiger partial charge in [-0.3, -0.25) is 0 Å². The van der Waals surface area contributed by atoms with Crippen molar-refractivity contribution < 1.29 is 14.6 Å². The highest BCUT2D eigenvalue weighted by atomic mass is 16.5. The molecule has 5 heteroatoms. The average Bonchev–Trinajstić information content (AvgIpc) is 2.78. The first-order valence-corrected chi connectivity index (χ1v) is 5.38. The molecule has 3 rings (SSSR count). The number of aliphatic hydroxyl groups excluding tert-OH is 1. The van der Waals surface area contributed by atoms with Gasteiger partial charge in [-0.25, -0.2) is 4.98 Å². The Labute approximate surface area is 93.2 Å². The van der Waals surface area contributed by atoms with Gasteiger partial charge in [0.2, 0.25) is 0 Å². The molecule has 1 aromatic heterocycles. The van der Waals surface area contributed by atoms with Crippen molar-refractivity contribution in [3.05, 3.63) is 22.4 Å². The Morgan fingerprint density at radius 2 is 2.06 bits per heavy atom. The Bertz CT molecular complexity index is 434. The number of nitrogens with zero attached hydrogens (tertiary/aromatic N) is 1. The maximum atomic E-state index is 9.12. The number of anilines is 1. The molecule has 0 saturated carbocycles. The third kappa shape index (κ3) is 1.40. The van der Waals surface area contributed by atoms with Crippen LogP contribution in [0.25, 0.3) is 0 Å². The van der Waals surface area contributed by atoms with Crippen molar-refractivity contribution in [2.24, 2.45) is 0 Å². The lowest BCUT2D eigenvalue weighted by atomic mass is 9.96. The summed E-state index contributed by atoms with van der Waals surface area (Å²) in [6, 6.07) is 0. The minimum atomic E-state index is -0.123. The van der Waals surface area contributed by atoms with Gasteiger partial charge in [0.05, 0.1) is 38.2 Å². The van der Waals surface area contributed by atoms with Crippen molar-refractivity contribution in [1.82, 2.24) is 4.98 Å². The summed E-state index contributed by atoms with van der Waals surface area (Å²) >= 11 is 0. The van der Waals surface area contributed by atoms with E-state index in [-0.39, 0.29) is 12.7 Å². The third-order valence-electron chi connectivity index (χ3n) is 3.23. The van der Waals surface area contributed by atoms with Gasteiger partial charge in [0.25, 0.3) is 0 Å². The summed E-state index contributed by atoms with van der Waals surface area (Å²) in [7, 11) is 0. The van der Waals surface area contributed by atoms with Gasteiger partial charge in [-0.2, -0.15) is 0 Å². The number of pyridine rings is 1. The summed E-state index contributed by atoms with van der Waals surface area (Å²) in [5, 5.41) is 9.12. The number of aromatic nitrogens is 1. The SMILES string of the molecule is Nc1nc2c(c3c1COC3)C[C@H](CO)OC2. The molecular weight excluding hydrogens is 208 g/mol. The molecule has 0 unspecified atom stereocenters. The van der Waals surface area contributed by atoms with E-state index in [1.165, 1.54) is 0 Å². The Morgan fingerprint density at radius 1 is 1.25 bits per heavy atom. The molecule has 0 bridgehead atoms. The van der Waals surface area contributed by atoms with Crippen LogP contribution in [0, 0.1) is 0 Å². The first-order valence-electron chi connectivity index (χ1n) is 5.38. The van der Waals surface area contributed by atoms with Crippen molar-refractivity contribution in [3.63, 3.8) is 0 Å². The van der Waals surface area contributed by atoms with Crippen LogP contribution in [0.5, 0.6) is 0 Å². The van der Waals surface area contributed by atoms with Gasteiger partial charge >= 0.3 is 0 Å². The number of nitrogen functional groups attached to an aromatic ring is 1. The number of nitrogens with two attached hydrogens (primary N) is 1. The van der Waals surface area contributed by atoms with E-state index in [9.17, 15) is 0 Å². The Morgan fingerprint density at radius 3 is 2.88 bits per heavy atom. The highest BCUT2D eigenvalue weighted by molar-refractivity contribution is 5.51. The fourth-order valence-electron chi connectivity index (χ4n) is 2.34. The predicted molar refractivity (Wildman–Crippen MR) is 56.5 cm³/mol. The number of aliphatic hydroxyl groups is 1. The van der Waals surface area contributed by atoms with E-state index in [4.69, 9.17) is 20.3 Å². The summed E-state index contributed by atoms with van der Waals surface area (Å²) in [4.78, 5) is 4.35. The van der Waals surface area contributed by atoms with Gasteiger partial charge in [-0.15, -0.1) is 0 Å². The van der Waals surface area contributed by atoms with Crippen LogP contribution in [0.1, 0.15) is 22.4 Å². The van der Waals surface area contributed by atoms with Gasteiger partial charge in [0, 0.05) is 12.0 Å². The van der Waals surface area contributed by atoms with Crippen LogP contribution >= 0.6 is 0 Å². The van der Waals surface area contributed by atoms with Crippen molar-refractivity contribution in [1.29, 1.82) is 0 Å². The van der Waals surface area contributed by atoms with E-state index in [2.05, 4.69) is 4.98 Å². The van der Waals surface area contributed by atoms with Gasteiger partial charge in [-0.05, 0) is 11.1 Å². The Hall–Kier alpha value is -1.17. The number of hydrogen-bond acceptors (Lipinski definition) is 5. The van der Waals surface area contributed by atoms with Gasteiger partial charge in [0.1, 0.15) is 5.82 Å². The molecule has 1 atom stereocenters. The van der Waals surface area contributed by atoms with Crippen LogP contribution in [-0.2, 0) is 35.7 Å². The molecule has 0 spiro atoms. The second kappa shape index (κ2) is 3.69. The highest BCUT2D eigenvalue weighted by Crippen LogP contribution is 2.32. The molecule has 1 aromatic rings. The molecule has 0 saturated heterocycles. The minimum absolute atomic E-state index is 0.0411. The first-order chi connectivity index (χ1) is 7.79. The van der Waals surface area contributed by atoms with Crippen molar-refractivity contribution in [2.75, 3.05) is 12.3 Å². The van der Waals surface area contributed by atoms with Crippen LogP contribution in [0.4, 0.5) is 5.82 Å². The van der Waals surface area contributed by atoms with E-state index < -0.39 is 0 Å². The van der Waals surface area contributed by atoms with Gasteiger partial charge in [-0.1, -0.05) is 0 Å². The zero-order valence-electron chi connectivity index (χ0n) is 8.90. The largest absolute Gasteiger partial charge is 0.394 e. The van der Waals surface area contributed by atoms with Crippen LogP contribution in [0.15, 0.2) is 0 Å². The first kappa shape index (κ1) is 10.0. The second-order valence-electron chi connectivity index (χ2n) is 4.19. The molecule has 5 nitrogen and oxygen atoms in total. The highest BCUT2D eigenvalue weighted by Gasteiger charge is 2.28. The van der Waals surface area contributed by atoms with E-state index in [0.717, 1.165) is 22.4 Å². The Balaban J connectivity index is 2.08. The van der Waals surface area contributed by atoms with E-state index >= 15 is 0 Å². The number of rotatable bonds is 1. The maximum absolute atomic E-state index is 9.12. The zero-order chi connectivity index (χ0) is 11.1. The molecule has 0 aromatic carbocycles. The van der Waals surface area contributed by atoms with Crippen molar-refractivity contribution in [3.8, 4) is 0 Å². The molecule has 3 heterocycles. The molecule has 0 radical (unpaired) electrons. The topological polar surface area (TPSA) is 77.6 Å². The smallest absolute Gasteiger partial charge is 0.129 e. The van der Waals surface area contributed by atoms with Crippen molar-refractivity contribution in [2.45, 2.75) is 32.3 Å². The molecule has 0 aliphatic carbocycles. The summed E-state index contributed by atoms with van der Waals surface area (Å²) in [6.45, 7) is 1.62. The van der Waals surface area contributed by atoms with E-state index in [0.29, 0.717) is 32.1 Å². The summed E-state index contributed by atoms with van der Waals surface area (Å²) in [5.74, 6) is 0.553. The fraction of sp³-hybridized carbons (Fsp3) is 0.545. The molecule has 0 fully saturated rings. The lowest BCUT2D eigenvalue weighted by molar-refractivity contribution is -0.00923. The number of fused-ring (bicyclic) bond motifs is 3. The number of hydrogen-bond donors (Lipinski definition) is 2. The number of ether oxygens (including phenoxy) is 2. The summed E-state index contributed by atoms with van der Waals surface area (Å²) in [6.07, 6.45) is 0.577. The summed E-state index contributed by atoms with van der Waals surface area (Å²) in [5.41, 5.74) is 10.1. The molecular formula is C11H14N2O3. The molecule has 16 heavy (non-hydrogen) atoms. The third-order valence-corrected chi connectivity index (χ3v) is 3.23. The quantitative estimate of drug-likeness (QED) is 0.706. The van der Waals surface area contributed by atoms with E-state index in [1.807, 2.05) is 0 Å². The lowest BCUT2D eigenvalue weighted by Gasteiger charge is -2.25. The fourth-order valence-corrected chi connectivity index (χ4v) is 2.34. The van der Waals surface area contributed by atoms with Crippen LogP contribution in [-0.4, -0.2) is 22.8 Å². The van der Waals surface area contributed by atoms with Gasteiger partial charge in [0.15, 0.2) is 0 Å². The average molecular weight is 222 g/mol. The predicted octanol–water partition coefficient (Wildman–Crippen LogP) is 0.128. The zero-order valence-corrected chi connectivity index (χ0v) is 8.90. The lowest BCUT2D eigenvalue weighted by Crippen LogP contribution is -2.28.